The molecule has 0 radical (unpaired) electrons. The second-order valence-corrected chi connectivity index (χ2v) is 4.73. The van der Waals surface area contributed by atoms with Gasteiger partial charge in [0.25, 0.3) is 0 Å². The first-order valence-corrected chi connectivity index (χ1v) is 6.43. The van der Waals surface area contributed by atoms with Crippen LogP contribution in [-0.2, 0) is 12.8 Å². The highest BCUT2D eigenvalue weighted by Gasteiger charge is 2.29. The Balaban J connectivity index is 1.96. The summed E-state index contributed by atoms with van der Waals surface area (Å²) in [6, 6.07) is 11.8. The quantitative estimate of drug-likeness (QED) is 0.909. The molecule has 0 unspecified atom stereocenters. The van der Waals surface area contributed by atoms with E-state index in [4.69, 9.17) is 4.74 Å². The van der Waals surface area contributed by atoms with Crippen LogP contribution in [0.5, 0.6) is 5.75 Å². The molecule has 2 rings (SSSR count). The van der Waals surface area contributed by atoms with Crippen molar-refractivity contribution in [2.75, 3.05) is 0 Å². The van der Waals surface area contributed by atoms with E-state index in [9.17, 15) is 18.3 Å². The van der Waals surface area contributed by atoms with E-state index in [0.717, 1.165) is 17.7 Å². The van der Waals surface area contributed by atoms with Gasteiger partial charge in [-0.3, -0.25) is 0 Å². The Kier molecular flexibility index (Phi) is 4.53. The summed E-state index contributed by atoms with van der Waals surface area (Å²) in [6.07, 6.45) is -4.87. The van der Waals surface area contributed by atoms with Crippen LogP contribution in [0.1, 0.15) is 29.7 Å². The normalized spacial score (nSPS) is 13.0. The van der Waals surface area contributed by atoms with Crippen LogP contribution in [0, 0.1) is 0 Å². The van der Waals surface area contributed by atoms with Gasteiger partial charge in [-0.25, -0.2) is 0 Å². The largest absolute Gasteiger partial charge is 0.489 e. The molecule has 2 aromatic rings. The van der Waals surface area contributed by atoms with Crippen molar-refractivity contribution in [3.63, 3.8) is 0 Å². The van der Waals surface area contributed by atoms with E-state index in [1.165, 1.54) is 12.1 Å². The number of benzene rings is 2. The van der Waals surface area contributed by atoms with Crippen molar-refractivity contribution in [3.05, 3.63) is 65.2 Å². The van der Waals surface area contributed by atoms with Crippen LogP contribution in [0.25, 0.3) is 0 Å². The topological polar surface area (TPSA) is 29.5 Å². The molecule has 112 valence electrons. The summed E-state index contributed by atoms with van der Waals surface area (Å²) in [6.45, 7) is 1.85. The van der Waals surface area contributed by atoms with E-state index < -0.39 is 17.8 Å². The van der Waals surface area contributed by atoms with Gasteiger partial charge in [0, 0.05) is 0 Å². The minimum absolute atomic E-state index is 0.187. The molecule has 0 saturated carbocycles. The van der Waals surface area contributed by atoms with Crippen LogP contribution in [0.2, 0.25) is 0 Å². The number of rotatable bonds is 4. The van der Waals surface area contributed by atoms with Crippen molar-refractivity contribution in [1.29, 1.82) is 0 Å². The lowest BCUT2D eigenvalue weighted by molar-refractivity contribution is -0.137. The van der Waals surface area contributed by atoms with Crippen LogP contribution in [-0.4, -0.2) is 5.11 Å². The van der Waals surface area contributed by atoms with E-state index in [2.05, 4.69) is 0 Å². The highest BCUT2D eigenvalue weighted by molar-refractivity contribution is 5.29. The van der Waals surface area contributed by atoms with Crippen molar-refractivity contribution < 1.29 is 23.0 Å². The Bertz CT molecular complexity index is 572. The van der Waals surface area contributed by atoms with Crippen molar-refractivity contribution in [2.45, 2.75) is 25.8 Å². The van der Waals surface area contributed by atoms with E-state index >= 15 is 0 Å². The highest BCUT2D eigenvalue weighted by Crippen LogP contribution is 2.29. The maximum absolute atomic E-state index is 12.4. The zero-order chi connectivity index (χ0) is 15.5. The molecular weight excluding hydrogens is 281 g/mol. The summed E-state index contributed by atoms with van der Waals surface area (Å²) in [5.41, 5.74) is 0.756. The predicted molar refractivity (Wildman–Crippen MR) is 72.9 cm³/mol. The first-order valence-electron chi connectivity index (χ1n) is 6.43. The summed E-state index contributed by atoms with van der Waals surface area (Å²) in [4.78, 5) is 0. The molecule has 21 heavy (non-hydrogen) atoms. The van der Waals surface area contributed by atoms with Gasteiger partial charge in [-0.1, -0.05) is 24.3 Å². The number of hydrogen-bond donors (Lipinski definition) is 1. The van der Waals surface area contributed by atoms with E-state index in [1.807, 2.05) is 0 Å². The molecule has 0 saturated heterocycles. The molecule has 0 amide bonds. The summed E-state index contributed by atoms with van der Waals surface area (Å²) >= 11 is 0. The third kappa shape index (κ3) is 4.23. The van der Waals surface area contributed by atoms with Crippen LogP contribution in [0.3, 0.4) is 0 Å². The van der Waals surface area contributed by atoms with Crippen LogP contribution in [0.4, 0.5) is 13.2 Å². The molecule has 1 atom stereocenters. The molecule has 0 spiro atoms. The summed E-state index contributed by atoms with van der Waals surface area (Å²) in [5, 5.41) is 9.38. The van der Waals surface area contributed by atoms with E-state index in [-0.39, 0.29) is 6.61 Å². The third-order valence-electron chi connectivity index (χ3n) is 3.05. The Morgan fingerprint density at radius 2 is 1.57 bits per heavy atom. The van der Waals surface area contributed by atoms with Crippen molar-refractivity contribution in [1.82, 2.24) is 0 Å². The Hall–Kier alpha value is -2.01. The number of alkyl halides is 3. The van der Waals surface area contributed by atoms with Crippen LogP contribution < -0.4 is 4.74 Å². The molecule has 1 N–H and O–H groups in total. The number of ether oxygens (including phenoxy) is 1. The molecule has 0 aliphatic carbocycles. The zero-order valence-corrected chi connectivity index (χ0v) is 11.4. The molecule has 0 fully saturated rings. The van der Waals surface area contributed by atoms with E-state index in [0.29, 0.717) is 11.3 Å². The average Bonchev–Trinajstić information content (AvgIpc) is 2.45. The van der Waals surface area contributed by atoms with Gasteiger partial charge in [-0.05, 0) is 42.3 Å². The second kappa shape index (κ2) is 6.18. The molecule has 2 nitrogen and oxygen atoms in total. The molecule has 0 bridgehead atoms. The predicted octanol–water partition coefficient (Wildman–Crippen LogP) is 4.34. The van der Waals surface area contributed by atoms with Gasteiger partial charge >= 0.3 is 6.18 Å². The fraction of sp³-hybridized carbons (Fsp3) is 0.250. The maximum Gasteiger partial charge on any atom is 0.416 e. The fourth-order valence-corrected chi connectivity index (χ4v) is 1.80. The smallest absolute Gasteiger partial charge is 0.416 e. The van der Waals surface area contributed by atoms with Gasteiger partial charge in [0.15, 0.2) is 0 Å². The van der Waals surface area contributed by atoms with Crippen LogP contribution in [0.15, 0.2) is 48.5 Å². The Morgan fingerprint density at radius 1 is 1.00 bits per heavy atom. The van der Waals surface area contributed by atoms with E-state index in [1.54, 1.807) is 31.2 Å². The summed E-state index contributed by atoms with van der Waals surface area (Å²) < 4.78 is 42.8. The van der Waals surface area contributed by atoms with Crippen molar-refractivity contribution in [3.8, 4) is 5.75 Å². The summed E-state index contributed by atoms with van der Waals surface area (Å²) in [7, 11) is 0. The van der Waals surface area contributed by atoms with Crippen molar-refractivity contribution in [2.24, 2.45) is 0 Å². The number of halogens is 3. The number of hydrogen-bond acceptors (Lipinski definition) is 2. The summed E-state index contributed by atoms with van der Waals surface area (Å²) in [5.74, 6) is 0.597. The molecule has 2 aromatic carbocycles. The van der Waals surface area contributed by atoms with Crippen LogP contribution >= 0.6 is 0 Å². The first kappa shape index (κ1) is 15.4. The zero-order valence-electron chi connectivity index (χ0n) is 11.4. The van der Waals surface area contributed by atoms with Gasteiger partial charge in [0.05, 0.1) is 11.7 Å². The average molecular weight is 296 g/mol. The van der Waals surface area contributed by atoms with Gasteiger partial charge in [0.1, 0.15) is 12.4 Å². The first-order chi connectivity index (χ1) is 9.86. The third-order valence-corrected chi connectivity index (χ3v) is 3.05. The molecule has 0 aromatic heterocycles. The lowest BCUT2D eigenvalue weighted by Crippen LogP contribution is -2.05. The Morgan fingerprint density at radius 3 is 2.05 bits per heavy atom. The van der Waals surface area contributed by atoms with Gasteiger partial charge < -0.3 is 9.84 Å². The second-order valence-electron chi connectivity index (χ2n) is 4.73. The number of aliphatic hydroxyl groups is 1. The maximum atomic E-state index is 12.4. The standard InChI is InChI=1S/C16H15F3O2/c1-11(20)13-4-8-15(9-5-13)21-10-12-2-6-14(7-3-12)16(17,18)19/h2-9,11,20H,10H2,1H3/t11-/m0/s1. The fourth-order valence-electron chi connectivity index (χ4n) is 1.80. The molecule has 0 aliphatic rings. The number of aliphatic hydroxyl groups excluding tert-OH is 1. The van der Waals surface area contributed by atoms with Gasteiger partial charge in [-0.15, -0.1) is 0 Å². The monoisotopic (exact) mass is 296 g/mol. The Labute approximate surface area is 120 Å². The SMILES string of the molecule is C[C@H](O)c1ccc(OCc2ccc(C(F)(F)F)cc2)cc1. The van der Waals surface area contributed by atoms with Crippen molar-refractivity contribution >= 4 is 0 Å². The molecule has 0 heterocycles. The minimum Gasteiger partial charge on any atom is -0.489 e. The molecule has 5 heteroatoms. The molecule has 0 aliphatic heterocycles. The minimum atomic E-state index is -4.32. The highest BCUT2D eigenvalue weighted by atomic mass is 19.4. The lowest BCUT2D eigenvalue weighted by atomic mass is 10.1. The molecular formula is C16H15F3O2. The van der Waals surface area contributed by atoms with Gasteiger partial charge in [0.2, 0.25) is 0 Å². The van der Waals surface area contributed by atoms with Gasteiger partial charge in [-0.2, -0.15) is 13.2 Å². The lowest BCUT2D eigenvalue weighted by Gasteiger charge is -2.10.